The quantitative estimate of drug-likeness (QED) is 0.818. The van der Waals surface area contributed by atoms with Gasteiger partial charge in [0.15, 0.2) is 0 Å². The van der Waals surface area contributed by atoms with Gasteiger partial charge < -0.3 is 5.73 Å². The van der Waals surface area contributed by atoms with E-state index in [0.29, 0.717) is 24.4 Å². The molecule has 108 valence electrons. The predicted octanol–water partition coefficient (Wildman–Crippen LogP) is 1.77. The lowest BCUT2D eigenvalue weighted by atomic mass is 10.2. The van der Waals surface area contributed by atoms with Crippen LogP contribution in [0.1, 0.15) is 11.1 Å². The van der Waals surface area contributed by atoms with Gasteiger partial charge >= 0.3 is 0 Å². The largest absolute Gasteiger partial charge is 0.330 e. The van der Waals surface area contributed by atoms with Crippen LogP contribution in [0.3, 0.4) is 0 Å². The van der Waals surface area contributed by atoms with Crippen molar-refractivity contribution in [2.45, 2.75) is 17.7 Å². The number of nitrogens with two attached hydrogens (primary N) is 1. The molecule has 1 aromatic heterocycles. The summed E-state index contributed by atoms with van der Waals surface area (Å²) < 4.78 is 26.8. The van der Waals surface area contributed by atoms with Crippen LogP contribution in [0.25, 0.3) is 0 Å². The summed E-state index contributed by atoms with van der Waals surface area (Å²) in [6.07, 6.45) is 1.46. The van der Waals surface area contributed by atoms with Crippen molar-refractivity contribution >= 4 is 21.4 Å². The Balaban J connectivity index is 1.95. The van der Waals surface area contributed by atoms with Gasteiger partial charge in [0.1, 0.15) is 0 Å². The van der Waals surface area contributed by atoms with Gasteiger partial charge in [0, 0.05) is 6.54 Å². The molecule has 0 spiro atoms. The molecule has 0 bridgehead atoms. The van der Waals surface area contributed by atoms with Gasteiger partial charge in [0.2, 0.25) is 10.0 Å². The number of hydrogen-bond donors (Lipinski definition) is 2. The Morgan fingerprint density at radius 1 is 1.05 bits per heavy atom. The van der Waals surface area contributed by atoms with Crippen LogP contribution in [0.2, 0.25) is 0 Å². The van der Waals surface area contributed by atoms with E-state index < -0.39 is 10.0 Å². The molecule has 0 saturated heterocycles. The van der Waals surface area contributed by atoms with E-state index in [2.05, 4.69) is 4.72 Å². The van der Waals surface area contributed by atoms with Crippen molar-refractivity contribution in [2.75, 3.05) is 13.1 Å². The fourth-order valence-electron chi connectivity index (χ4n) is 1.85. The standard InChI is InChI=1S/C14H18N2O2S2/c15-8-5-12-1-3-14(4-2-12)20(17,18)16-9-6-13-7-10-19-11-13/h1-4,7,10-11,16H,5-6,8-9,15H2. The lowest BCUT2D eigenvalue weighted by Crippen LogP contribution is -2.25. The molecular weight excluding hydrogens is 292 g/mol. The summed E-state index contributed by atoms with van der Waals surface area (Å²) in [7, 11) is -3.42. The maximum absolute atomic E-state index is 12.1. The van der Waals surface area contributed by atoms with Crippen molar-refractivity contribution in [2.24, 2.45) is 5.73 Å². The summed E-state index contributed by atoms with van der Waals surface area (Å²) in [6, 6.07) is 8.86. The summed E-state index contributed by atoms with van der Waals surface area (Å²) in [4.78, 5) is 0.295. The van der Waals surface area contributed by atoms with Crippen LogP contribution >= 0.6 is 11.3 Å². The van der Waals surface area contributed by atoms with Crippen molar-refractivity contribution in [1.29, 1.82) is 0 Å². The van der Waals surface area contributed by atoms with Gasteiger partial charge in [-0.05, 0) is 59.5 Å². The summed E-state index contributed by atoms with van der Waals surface area (Å²) >= 11 is 1.61. The normalized spacial score (nSPS) is 11.7. The summed E-state index contributed by atoms with van der Waals surface area (Å²) in [5.41, 5.74) is 7.66. The second kappa shape index (κ2) is 6.99. The molecule has 1 aromatic carbocycles. The molecule has 0 aliphatic heterocycles. The van der Waals surface area contributed by atoms with Crippen molar-refractivity contribution in [1.82, 2.24) is 4.72 Å². The van der Waals surface area contributed by atoms with E-state index in [4.69, 9.17) is 5.73 Å². The van der Waals surface area contributed by atoms with Crippen LogP contribution in [0.4, 0.5) is 0 Å². The Kier molecular flexibility index (Phi) is 5.31. The third-order valence-electron chi connectivity index (χ3n) is 2.95. The molecule has 0 saturated carbocycles. The molecule has 0 amide bonds. The van der Waals surface area contributed by atoms with Crippen LogP contribution in [-0.4, -0.2) is 21.5 Å². The predicted molar refractivity (Wildman–Crippen MR) is 82.4 cm³/mol. The molecule has 6 heteroatoms. The number of thiophene rings is 1. The first-order chi connectivity index (χ1) is 9.62. The molecule has 0 aliphatic rings. The number of nitrogens with one attached hydrogen (secondary N) is 1. The number of hydrogen-bond acceptors (Lipinski definition) is 4. The van der Waals surface area contributed by atoms with E-state index in [-0.39, 0.29) is 0 Å². The van der Waals surface area contributed by atoms with Crippen LogP contribution < -0.4 is 10.5 Å². The second-order valence-electron chi connectivity index (χ2n) is 4.46. The first-order valence-electron chi connectivity index (χ1n) is 6.41. The minimum absolute atomic E-state index is 0.295. The summed E-state index contributed by atoms with van der Waals surface area (Å²) in [5, 5.41) is 4.01. The van der Waals surface area contributed by atoms with E-state index in [1.807, 2.05) is 16.8 Å². The molecule has 0 radical (unpaired) electrons. The van der Waals surface area contributed by atoms with Crippen molar-refractivity contribution in [3.8, 4) is 0 Å². The van der Waals surface area contributed by atoms with Gasteiger partial charge in [-0.25, -0.2) is 13.1 Å². The summed E-state index contributed by atoms with van der Waals surface area (Å²) in [6.45, 7) is 0.967. The highest BCUT2D eigenvalue weighted by molar-refractivity contribution is 7.89. The molecule has 1 heterocycles. The minimum atomic E-state index is -3.42. The Hall–Kier alpha value is -1.21. The van der Waals surface area contributed by atoms with Crippen LogP contribution in [0.15, 0.2) is 46.0 Å². The first kappa shape index (κ1) is 15.2. The Bertz CT molecular complexity index is 620. The molecular formula is C14H18N2O2S2. The summed E-state index contributed by atoms with van der Waals surface area (Å²) in [5.74, 6) is 0. The molecule has 3 N–H and O–H groups in total. The van der Waals surface area contributed by atoms with E-state index in [0.717, 1.165) is 17.5 Å². The van der Waals surface area contributed by atoms with E-state index in [1.54, 1.807) is 35.6 Å². The van der Waals surface area contributed by atoms with E-state index in [1.165, 1.54) is 0 Å². The molecule has 0 fully saturated rings. The maximum atomic E-state index is 12.1. The highest BCUT2D eigenvalue weighted by atomic mass is 32.2. The first-order valence-corrected chi connectivity index (χ1v) is 8.84. The molecule has 0 atom stereocenters. The number of sulfonamides is 1. The van der Waals surface area contributed by atoms with Gasteiger partial charge in [-0.3, -0.25) is 0 Å². The average molecular weight is 310 g/mol. The SMILES string of the molecule is NCCc1ccc(S(=O)(=O)NCCc2ccsc2)cc1. The van der Waals surface area contributed by atoms with Crippen molar-refractivity contribution < 1.29 is 8.42 Å². The minimum Gasteiger partial charge on any atom is -0.330 e. The molecule has 0 aliphatic carbocycles. The highest BCUT2D eigenvalue weighted by Gasteiger charge is 2.12. The molecule has 0 unspecified atom stereocenters. The third-order valence-corrected chi connectivity index (χ3v) is 5.16. The lowest BCUT2D eigenvalue weighted by Gasteiger charge is -2.07. The van der Waals surface area contributed by atoms with Crippen molar-refractivity contribution in [3.63, 3.8) is 0 Å². The van der Waals surface area contributed by atoms with Gasteiger partial charge in [-0.2, -0.15) is 11.3 Å². The zero-order valence-corrected chi connectivity index (χ0v) is 12.7. The van der Waals surface area contributed by atoms with E-state index in [9.17, 15) is 8.42 Å². The maximum Gasteiger partial charge on any atom is 0.240 e. The zero-order valence-electron chi connectivity index (χ0n) is 11.1. The van der Waals surface area contributed by atoms with Gasteiger partial charge in [-0.15, -0.1) is 0 Å². The Labute approximate surface area is 123 Å². The smallest absolute Gasteiger partial charge is 0.240 e. The van der Waals surface area contributed by atoms with Crippen molar-refractivity contribution in [3.05, 3.63) is 52.2 Å². The molecule has 2 rings (SSSR count). The molecule has 4 nitrogen and oxygen atoms in total. The topological polar surface area (TPSA) is 72.2 Å². The van der Waals surface area contributed by atoms with Crippen LogP contribution in [0.5, 0.6) is 0 Å². The fraction of sp³-hybridized carbons (Fsp3) is 0.286. The number of benzene rings is 1. The molecule has 20 heavy (non-hydrogen) atoms. The van der Waals surface area contributed by atoms with Gasteiger partial charge in [-0.1, -0.05) is 12.1 Å². The third kappa shape index (κ3) is 4.14. The monoisotopic (exact) mass is 310 g/mol. The number of rotatable bonds is 7. The fourth-order valence-corrected chi connectivity index (χ4v) is 3.58. The van der Waals surface area contributed by atoms with Gasteiger partial charge in [0.05, 0.1) is 4.90 Å². The highest BCUT2D eigenvalue weighted by Crippen LogP contribution is 2.11. The van der Waals surface area contributed by atoms with Crippen LogP contribution in [0, 0.1) is 0 Å². The molecule has 2 aromatic rings. The van der Waals surface area contributed by atoms with E-state index >= 15 is 0 Å². The average Bonchev–Trinajstić information content (AvgIpc) is 2.93. The second-order valence-corrected chi connectivity index (χ2v) is 7.01. The van der Waals surface area contributed by atoms with Gasteiger partial charge in [0.25, 0.3) is 0 Å². The zero-order chi connectivity index (χ0) is 14.4. The Morgan fingerprint density at radius 3 is 2.40 bits per heavy atom. The Morgan fingerprint density at radius 2 is 1.80 bits per heavy atom. The van der Waals surface area contributed by atoms with Crippen LogP contribution in [-0.2, 0) is 22.9 Å². The lowest BCUT2D eigenvalue weighted by molar-refractivity contribution is 0.581.